The van der Waals surface area contributed by atoms with E-state index in [1.807, 2.05) is 61.5 Å². The molecule has 1 heterocycles. The summed E-state index contributed by atoms with van der Waals surface area (Å²) in [6, 6.07) is 17.7. The minimum atomic E-state index is -0.966. The number of carbonyl (C=O) groups is 1. The Bertz CT molecular complexity index is 821. The highest BCUT2D eigenvalue weighted by atomic mass is 16.6. The first-order valence-electron chi connectivity index (χ1n) is 8.31. The van der Waals surface area contributed by atoms with Crippen molar-refractivity contribution in [3.8, 4) is 0 Å². The molecule has 2 unspecified atom stereocenters. The van der Waals surface area contributed by atoms with Gasteiger partial charge in [0.15, 0.2) is 5.54 Å². The van der Waals surface area contributed by atoms with Gasteiger partial charge in [0.25, 0.3) is 0 Å². The molecule has 1 aliphatic heterocycles. The number of ether oxygens (including phenoxy) is 1. The smallest absolute Gasteiger partial charge is 0.346 e. The van der Waals surface area contributed by atoms with Crippen molar-refractivity contribution in [1.29, 1.82) is 0 Å². The van der Waals surface area contributed by atoms with Gasteiger partial charge in [-0.1, -0.05) is 60.2 Å². The predicted molar refractivity (Wildman–Crippen MR) is 93.8 cm³/mol. The second-order valence-electron chi connectivity index (χ2n) is 6.42. The van der Waals surface area contributed by atoms with Crippen LogP contribution in [0.1, 0.15) is 29.5 Å². The number of allylic oxidation sites excluding steroid dienone is 1. The lowest BCUT2D eigenvalue weighted by molar-refractivity contribution is -0.140. The third-order valence-corrected chi connectivity index (χ3v) is 4.84. The zero-order chi connectivity index (χ0) is 16.6. The van der Waals surface area contributed by atoms with Crippen LogP contribution in [0.2, 0.25) is 0 Å². The zero-order valence-corrected chi connectivity index (χ0v) is 13.6. The van der Waals surface area contributed by atoms with Crippen molar-refractivity contribution in [3.63, 3.8) is 0 Å². The summed E-state index contributed by atoms with van der Waals surface area (Å²) in [6.45, 7) is 2.04. The van der Waals surface area contributed by atoms with E-state index < -0.39 is 5.54 Å². The van der Waals surface area contributed by atoms with Crippen LogP contribution >= 0.6 is 0 Å². The van der Waals surface area contributed by atoms with E-state index in [1.165, 1.54) is 0 Å². The fourth-order valence-electron chi connectivity index (χ4n) is 3.52. The van der Waals surface area contributed by atoms with Gasteiger partial charge < -0.3 is 4.74 Å². The van der Waals surface area contributed by atoms with E-state index in [9.17, 15) is 4.79 Å². The molecule has 0 radical (unpaired) electrons. The summed E-state index contributed by atoms with van der Waals surface area (Å²) in [6.07, 6.45) is 6.12. The third kappa shape index (κ3) is 2.28. The van der Waals surface area contributed by atoms with Gasteiger partial charge in [-0.3, -0.25) is 0 Å². The molecule has 24 heavy (non-hydrogen) atoms. The van der Waals surface area contributed by atoms with Crippen LogP contribution in [0.15, 0.2) is 71.7 Å². The lowest BCUT2D eigenvalue weighted by atomic mass is 9.78. The molecule has 0 aromatic heterocycles. The average Bonchev–Trinajstić information content (AvgIpc) is 3.25. The minimum Gasteiger partial charge on any atom is -0.405 e. The molecular formula is C21H19NO2. The number of carbonyl (C=O) groups excluding carboxylic acids is 1. The molecule has 3 heteroatoms. The molecule has 0 bridgehead atoms. The largest absolute Gasteiger partial charge is 0.405 e. The maximum absolute atomic E-state index is 13.0. The topological polar surface area (TPSA) is 38.7 Å². The number of rotatable bonds is 3. The fourth-order valence-corrected chi connectivity index (χ4v) is 3.52. The normalized spacial score (nSPS) is 25.6. The number of nitrogens with zero attached hydrogens (tertiary/aromatic N) is 1. The van der Waals surface area contributed by atoms with E-state index in [2.05, 4.69) is 12.2 Å². The molecule has 1 aliphatic carbocycles. The molecule has 0 fully saturated rings. The Balaban J connectivity index is 1.87. The molecule has 0 saturated heterocycles. The molecule has 3 nitrogen and oxygen atoms in total. The number of benzene rings is 2. The maximum atomic E-state index is 13.0. The Hall–Kier alpha value is -2.68. The second-order valence-corrected chi connectivity index (χ2v) is 6.42. The number of aryl methyl sites for hydroxylation is 1. The zero-order valence-electron chi connectivity index (χ0n) is 13.6. The highest BCUT2D eigenvalue weighted by molar-refractivity contribution is 6.08. The highest BCUT2D eigenvalue weighted by Crippen LogP contribution is 2.44. The van der Waals surface area contributed by atoms with Gasteiger partial charge in [0, 0.05) is 11.5 Å². The molecule has 4 rings (SSSR count). The summed E-state index contributed by atoms with van der Waals surface area (Å²) >= 11 is 0. The number of aliphatic imine (C=N–C) groups is 1. The van der Waals surface area contributed by atoms with E-state index in [4.69, 9.17) is 9.73 Å². The van der Waals surface area contributed by atoms with Crippen LogP contribution in [0.5, 0.6) is 0 Å². The fraction of sp³-hybridized carbons (Fsp3) is 0.238. The van der Waals surface area contributed by atoms with Crippen molar-refractivity contribution >= 4 is 11.9 Å². The van der Waals surface area contributed by atoms with Crippen molar-refractivity contribution in [3.05, 3.63) is 83.4 Å². The van der Waals surface area contributed by atoms with Gasteiger partial charge in [0.1, 0.15) is 0 Å². The molecule has 2 atom stereocenters. The Labute approximate surface area is 141 Å². The number of hydrogen-bond donors (Lipinski definition) is 0. The lowest BCUT2D eigenvalue weighted by Crippen LogP contribution is -2.37. The van der Waals surface area contributed by atoms with Gasteiger partial charge in [0.2, 0.25) is 5.90 Å². The van der Waals surface area contributed by atoms with Crippen molar-refractivity contribution in [2.45, 2.75) is 25.3 Å². The summed E-state index contributed by atoms with van der Waals surface area (Å²) in [5, 5.41) is 0. The standard InChI is InChI=1S/C21H19NO2/c1-15-11-13-18(14-12-15)21(17-9-5-6-10-17)20(23)24-19(22-21)16-7-3-2-4-8-16/h2-5,7-9,11-14,17H,6,10H2,1H3. The summed E-state index contributed by atoms with van der Waals surface area (Å²) in [5.74, 6) is 0.178. The summed E-state index contributed by atoms with van der Waals surface area (Å²) in [5.41, 5.74) is 1.93. The number of esters is 1. The first-order valence-corrected chi connectivity index (χ1v) is 8.31. The molecular weight excluding hydrogens is 298 g/mol. The van der Waals surface area contributed by atoms with E-state index in [-0.39, 0.29) is 11.9 Å². The van der Waals surface area contributed by atoms with Crippen LogP contribution in [0.25, 0.3) is 0 Å². The average molecular weight is 317 g/mol. The summed E-state index contributed by atoms with van der Waals surface area (Å²) in [7, 11) is 0. The molecule has 0 amide bonds. The van der Waals surface area contributed by atoms with Crippen LogP contribution < -0.4 is 0 Å². The van der Waals surface area contributed by atoms with Crippen LogP contribution in [0, 0.1) is 12.8 Å². The monoisotopic (exact) mass is 317 g/mol. The Morgan fingerprint density at radius 2 is 1.83 bits per heavy atom. The van der Waals surface area contributed by atoms with Gasteiger partial charge in [-0.05, 0) is 37.5 Å². The Morgan fingerprint density at radius 1 is 1.08 bits per heavy atom. The molecule has 0 spiro atoms. The summed E-state index contributed by atoms with van der Waals surface area (Å²) in [4.78, 5) is 17.8. The first kappa shape index (κ1) is 14.9. The quantitative estimate of drug-likeness (QED) is 0.630. The van der Waals surface area contributed by atoms with Crippen LogP contribution in [0.3, 0.4) is 0 Å². The van der Waals surface area contributed by atoms with E-state index >= 15 is 0 Å². The van der Waals surface area contributed by atoms with Gasteiger partial charge in [-0.25, -0.2) is 9.79 Å². The van der Waals surface area contributed by atoms with Gasteiger partial charge in [-0.2, -0.15) is 0 Å². The third-order valence-electron chi connectivity index (χ3n) is 4.84. The van der Waals surface area contributed by atoms with E-state index in [0.29, 0.717) is 5.90 Å². The number of hydrogen-bond acceptors (Lipinski definition) is 3. The number of cyclic esters (lactones) is 1. The van der Waals surface area contributed by atoms with Crippen LogP contribution in [0.4, 0.5) is 0 Å². The first-order chi connectivity index (χ1) is 11.7. The summed E-state index contributed by atoms with van der Waals surface area (Å²) < 4.78 is 5.64. The SMILES string of the molecule is Cc1ccc(C2(C3C=CCC3)N=C(c3ccccc3)OC2=O)cc1. The Kier molecular flexibility index (Phi) is 3.57. The maximum Gasteiger partial charge on any atom is 0.346 e. The molecule has 0 saturated carbocycles. The van der Waals surface area contributed by atoms with Gasteiger partial charge in [-0.15, -0.1) is 0 Å². The highest BCUT2D eigenvalue weighted by Gasteiger charge is 2.53. The molecule has 2 aliphatic rings. The van der Waals surface area contributed by atoms with Gasteiger partial charge >= 0.3 is 5.97 Å². The Morgan fingerprint density at radius 3 is 2.50 bits per heavy atom. The van der Waals surface area contributed by atoms with E-state index in [1.54, 1.807) is 0 Å². The minimum absolute atomic E-state index is 0.0360. The lowest BCUT2D eigenvalue weighted by Gasteiger charge is -2.28. The molecule has 120 valence electrons. The molecule has 2 aromatic rings. The van der Waals surface area contributed by atoms with Crippen LogP contribution in [-0.4, -0.2) is 11.9 Å². The van der Waals surface area contributed by atoms with Crippen molar-refractivity contribution in [2.24, 2.45) is 10.9 Å². The van der Waals surface area contributed by atoms with Gasteiger partial charge in [0.05, 0.1) is 0 Å². The predicted octanol–water partition coefficient (Wildman–Crippen LogP) is 4.16. The van der Waals surface area contributed by atoms with Crippen LogP contribution in [-0.2, 0) is 15.1 Å². The van der Waals surface area contributed by atoms with Crippen molar-refractivity contribution in [2.75, 3.05) is 0 Å². The van der Waals surface area contributed by atoms with Crippen molar-refractivity contribution in [1.82, 2.24) is 0 Å². The van der Waals surface area contributed by atoms with Crippen molar-refractivity contribution < 1.29 is 9.53 Å². The van der Waals surface area contributed by atoms with E-state index in [0.717, 1.165) is 29.5 Å². The second kappa shape index (κ2) is 5.75. The molecule has 2 aromatic carbocycles. The molecule has 0 N–H and O–H groups in total.